The van der Waals surface area contributed by atoms with E-state index in [1.807, 2.05) is 24.8 Å². The molecule has 0 spiro atoms. The lowest BCUT2D eigenvalue weighted by Crippen LogP contribution is -2.09. The average molecular weight is 265 g/mol. The number of carbonyl (C=O) groups is 1. The van der Waals surface area contributed by atoms with Crippen LogP contribution >= 0.6 is 11.8 Å². The first kappa shape index (κ1) is 13.4. The number of carbonyl (C=O) groups excluding carboxylic acids is 1. The second-order valence-electron chi connectivity index (χ2n) is 4.71. The molecule has 4 heteroatoms. The molecule has 1 aromatic rings. The normalized spacial score (nSPS) is 16.6. The van der Waals surface area contributed by atoms with Crippen molar-refractivity contribution in [2.75, 3.05) is 7.11 Å². The third kappa shape index (κ3) is 3.25. The van der Waals surface area contributed by atoms with Gasteiger partial charge in [0.25, 0.3) is 0 Å². The predicted octanol–water partition coefficient (Wildman–Crippen LogP) is 3.60. The van der Waals surface area contributed by atoms with Gasteiger partial charge in [0.15, 0.2) is 0 Å². The number of aryl methyl sites for hydroxylation is 1. The lowest BCUT2D eigenvalue weighted by molar-refractivity contribution is 0.0599. The highest BCUT2D eigenvalue weighted by Crippen LogP contribution is 2.33. The standard InChI is InChI=1S/C14H19NO2S/c1-10-8-13(15-9-12(10)14(16)17-2)18-11-6-4-3-5-7-11/h8-9,11H,3-7H2,1-2H3. The van der Waals surface area contributed by atoms with Crippen LogP contribution in [0.25, 0.3) is 0 Å². The van der Waals surface area contributed by atoms with Crippen LogP contribution in [0.2, 0.25) is 0 Å². The van der Waals surface area contributed by atoms with E-state index in [0.717, 1.165) is 10.6 Å². The SMILES string of the molecule is COC(=O)c1cnc(SC2CCCCC2)cc1C. The quantitative estimate of drug-likeness (QED) is 0.783. The summed E-state index contributed by atoms with van der Waals surface area (Å²) >= 11 is 1.84. The van der Waals surface area contributed by atoms with E-state index in [-0.39, 0.29) is 5.97 Å². The first-order valence-corrected chi connectivity index (χ1v) is 7.30. The molecule has 98 valence electrons. The van der Waals surface area contributed by atoms with E-state index in [1.54, 1.807) is 6.20 Å². The molecule has 0 aliphatic heterocycles. The van der Waals surface area contributed by atoms with Gasteiger partial charge in [-0.1, -0.05) is 19.3 Å². The van der Waals surface area contributed by atoms with Crippen molar-refractivity contribution in [3.63, 3.8) is 0 Å². The number of hydrogen-bond donors (Lipinski definition) is 0. The summed E-state index contributed by atoms with van der Waals surface area (Å²) in [6.45, 7) is 1.93. The number of rotatable bonds is 3. The Morgan fingerprint density at radius 1 is 1.39 bits per heavy atom. The van der Waals surface area contributed by atoms with Crippen molar-refractivity contribution in [2.45, 2.75) is 49.3 Å². The molecule has 3 nitrogen and oxygen atoms in total. The van der Waals surface area contributed by atoms with Gasteiger partial charge in [-0.3, -0.25) is 0 Å². The van der Waals surface area contributed by atoms with E-state index >= 15 is 0 Å². The Bertz CT molecular complexity index is 428. The van der Waals surface area contributed by atoms with Crippen LogP contribution in [0.1, 0.15) is 48.0 Å². The Morgan fingerprint density at radius 3 is 2.72 bits per heavy atom. The van der Waals surface area contributed by atoms with E-state index in [2.05, 4.69) is 4.98 Å². The summed E-state index contributed by atoms with van der Waals surface area (Å²) in [5, 5.41) is 1.71. The Morgan fingerprint density at radius 2 is 2.11 bits per heavy atom. The summed E-state index contributed by atoms with van der Waals surface area (Å²) < 4.78 is 4.72. The summed E-state index contributed by atoms with van der Waals surface area (Å²) in [4.78, 5) is 15.8. The molecule has 0 bridgehead atoms. The van der Waals surface area contributed by atoms with Crippen molar-refractivity contribution in [3.8, 4) is 0 Å². The second kappa shape index (κ2) is 6.23. The van der Waals surface area contributed by atoms with E-state index < -0.39 is 0 Å². The van der Waals surface area contributed by atoms with Crippen LogP contribution in [-0.4, -0.2) is 23.3 Å². The van der Waals surface area contributed by atoms with Crippen molar-refractivity contribution >= 4 is 17.7 Å². The van der Waals surface area contributed by atoms with Gasteiger partial charge in [-0.2, -0.15) is 0 Å². The fraction of sp³-hybridized carbons (Fsp3) is 0.571. The van der Waals surface area contributed by atoms with Crippen molar-refractivity contribution in [1.29, 1.82) is 0 Å². The van der Waals surface area contributed by atoms with Crippen LogP contribution in [-0.2, 0) is 4.74 Å². The molecule has 2 rings (SSSR count). The molecule has 0 atom stereocenters. The van der Waals surface area contributed by atoms with Gasteiger partial charge in [-0.15, -0.1) is 11.8 Å². The van der Waals surface area contributed by atoms with Crippen LogP contribution in [0.4, 0.5) is 0 Å². The minimum Gasteiger partial charge on any atom is -0.465 e. The zero-order chi connectivity index (χ0) is 13.0. The van der Waals surface area contributed by atoms with Crippen molar-refractivity contribution in [1.82, 2.24) is 4.98 Å². The van der Waals surface area contributed by atoms with Crippen LogP contribution in [0.15, 0.2) is 17.3 Å². The number of esters is 1. The fourth-order valence-electron chi connectivity index (χ4n) is 2.27. The zero-order valence-corrected chi connectivity index (χ0v) is 11.8. The summed E-state index contributed by atoms with van der Waals surface area (Å²) in [7, 11) is 1.40. The molecule has 1 aliphatic carbocycles. The molecule has 0 radical (unpaired) electrons. The number of ether oxygens (including phenoxy) is 1. The van der Waals surface area contributed by atoms with Gasteiger partial charge >= 0.3 is 5.97 Å². The molecule has 18 heavy (non-hydrogen) atoms. The summed E-state index contributed by atoms with van der Waals surface area (Å²) in [5.41, 5.74) is 1.50. The number of nitrogens with zero attached hydrogens (tertiary/aromatic N) is 1. The van der Waals surface area contributed by atoms with Gasteiger partial charge in [-0.25, -0.2) is 9.78 Å². The van der Waals surface area contributed by atoms with Crippen molar-refractivity contribution < 1.29 is 9.53 Å². The van der Waals surface area contributed by atoms with Gasteiger partial charge in [0.2, 0.25) is 0 Å². The Hall–Kier alpha value is -1.03. The number of methoxy groups -OCH3 is 1. The largest absolute Gasteiger partial charge is 0.465 e. The highest BCUT2D eigenvalue weighted by molar-refractivity contribution is 7.99. The molecule has 1 fully saturated rings. The number of thioether (sulfide) groups is 1. The molecular weight excluding hydrogens is 246 g/mol. The van der Waals surface area contributed by atoms with E-state index in [1.165, 1.54) is 39.2 Å². The topological polar surface area (TPSA) is 39.2 Å². The highest BCUT2D eigenvalue weighted by atomic mass is 32.2. The summed E-state index contributed by atoms with van der Waals surface area (Å²) in [6, 6.07) is 1.99. The predicted molar refractivity (Wildman–Crippen MR) is 73.0 cm³/mol. The first-order chi connectivity index (χ1) is 8.70. The van der Waals surface area contributed by atoms with Crippen LogP contribution in [0.5, 0.6) is 0 Å². The Balaban J connectivity index is 2.06. The van der Waals surface area contributed by atoms with Crippen LogP contribution < -0.4 is 0 Å². The Labute approximate surface area is 112 Å². The van der Waals surface area contributed by atoms with Crippen LogP contribution in [0, 0.1) is 6.92 Å². The molecular formula is C14H19NO2S. The molecule has 1 heterocycles. The molecule has 0 amide bonds. The highest BCUT2D eigenvalue weighted by Gasteiger charge is 2.16. The van der Waals surface area contributed by atoms with Gasteiger partial charge in [0.05, 0.1) is 17.7 Å². The molecule has 0 N–H and O–H groups in total. The van der Waals surface area contributed by atoms with Gasteiger partial charge in [0, 0.05) is 11.4 Å². The van der Waals surface area contributed by atoms with Crippen molar-refractivity contribution in [3.05, 3.63) is 23.4 Å². The molecule has 0 saturated heterocycles. The van der Waals surface area contributed by atoms with E-state index in [4.69, 9.17) is 4.74 Å². The van der Waals surface area contributed by atoms with E-state index in [9.17, 15) is 4.79 Å². The maximum Gasteiger partial charge on any atom is 0.339 e. The molecule has 1 saturated carbocycles. The lowest BCUT2D eigenvalue weighted by atomic mass is 10.0. The fourth-order valence-corrected chi connectivity index (χ4v) is 3.54. The Kier molecular flexibility index (Phi) is 4.64. The van der Waals surface area contributed by atoms with Gasteiger partial charge < -0.3 is 4.74 Å². The average Bonchev–Trinajstić information content (AvgIpc) is 2.39. The van der Waals surface area contributed by atoms with E-state index in [0.29, 0.717) is 10.8 Å². The maximum absolute atomic E-state index is 11.5. The third-order valence-corrected chi connectivity index (χ3v) is 4.60. The number of aromatic nitrogens is 1. The smallest absolute Gasteiger partial charge is 0.339 e. The molecule has 1 aromatic heterocycles. The summed E-state index contributed by atoms with van der Waals surface area (Å²) in [6.07, 6.45) is 8.22. The molecule has 0 aromatic carbocycles. The van der Waals surface area contributed by atoms with Crippen molar-refractivity contribution in [2.24, 2.45) is 0 Å². The third-order valence-electron chi connectivity index (χ3n) is 3.33. The second-order valence-corrected chi connectivity index (χ2v) is 6.03. The van der Waals surface area contributed by atoms with Gasteiger partial charge in [-0.05, 0) is 31.4 Å². The minimum atomic E-state index is -0.311. The molecule has 1 aliphatic rings. The molecule has 0 unspecified atom stereocenters. The van der Waals surface area contributed by atoms with Gasteiger partial charge in [0.1, 0.15) is 0 Å². The number of pyridine rings is 1. The maximum atomic E-state index is 11.5. The zero-order valence-electron chi connectivity index (χ0n) is 10.9. The first-order valence-electron chi connectivity index (χ1n) is 6.42. The van der Waals surface area contributed by atoms with Crippen LogP contribution in [0.3, 0.4) is 0 Å². The summed E-state index contributed by atoms with van der Waals surface area (Å²) in [5.74, 6) is -0.311. The monoisotopic (exact) mass is 265 g/mol. The number of hydrogen-bond acceptors (Lipinski definition) is 4. The minimum absolute atomic E-state index is 0.311. The lowest BCUT2D eigenvalue weighted by Gasteiger charge is -2.20.